The number of aromatic carboxylic acids is 1. The van der Waals surface area contributed by atoms with Crippen LogP contribution in [0.15, 0.2) is 30.6 Å². The minimum Gasteiger partial charge on any atom is -0.475 e. The second-order valence-corrected chi connectivity index (χ2v) is 3.43. The van der Waals surface area contributed by atoms with Crippen LogP contribution < -0.4 is 0 Å². The highest BCUT2D eigenvalue weighted by Gasteiger charge is 2.11. The minimum atomic E-state index is -1.17. The lowest BCUT2D eigenvalue weighted by atomic mass is 10.2. The Balaban J connectivity index is 2.28. The molecule has 0 unspecified atom stereocenters. The van der Waals surface area contributed by atoms with Gasteiger partial charge in [-0.25, -0.2) is 18.6 Å². The summed E-state index contributed by atoms with van der Waals surface area (Å²) in [6.07, 6.45) is 2.80. The molecule has 2 rings (SSSR count). The molecule has 0 atom stereocenters. The Morgan fingerprint density at radius 2 is 2.12 bits per heavy atom. The molecule has 0 spiro atoms. The van der Waals surface area contributed by atoms with Crippen LogP contribution in [0, 0.1) is 11.6 Å². The molecule has 17 heavy (non-hydrogen) atoms. The number of carbonyl (C=O) groups is 1. The van der Waals surface area contributed by atoms with E-state index in [0.717, 1.165) is 12.1 Å². The van der Waals surface area contributed by atoms with Gasteiger partial charge in [-0.3, -0.25) is 0 Å². The molecule has 1 aromatic heterocycles. The number of carboxylic acid groups (broad SMARTS) is 1. The molecule has 6 heteroatoms. The Bertz CT molecular complexity index is 566. The highest BCUT2D eigenvalue weighted by atomic mass is 19.2. The van der Waals surface area contributed by atoms with Gasteiger partial charge in [0.15, 0.2) is 11.6 Å². The summed E-state index contributed by atoms with van der Waals surface area (Å²) in [4.78, 5) is 14.4. The third kappa shape index (κ3) is 2.30. The molecule has 0 amide bonds. The molecule has 0 bridgehead atoms. The monoisotopic (exact) mass is 238 g/mol. The summed E-state index contributed by atoms with van der Waals surface area (Å²) >= 11 is 0. The topological polar surface area (TPSA) is 55.1 Å². The molecule has 1 aromatic carbocycles. The molecule has 0 aliphatic rings. The van der Waals surface area contributed by atoms with Crippen LogP contribution in [0.25, 0.3) is 0 Å². The van der Waals surface area contributed by atoms with Crippen LogP contribution in [0.4, 0.5) is 8.78 Å². The Labute approximate surface area is 95.1 Å². The van der Waals surface area contributed by atoms with E-state index in [1.165, 1.54) is 23.0 Å². The Morgan fingerprint density at radius 1 is 1.35 bits per heavy atom. The molecule has 0 aliphatic carbocycles. The molecule has 1 N–H and O–H groups in total. The van der Waals surface area contributed by atoms with Gasteiger partial charge in [0.1, 0.15) is 0 Å². The van der Waals surface area contributed by atoms with Gasteiger partial charge in [0.2, 0.25) is 5.82 Å². The summed E-state index contributed by atoms with van der Waals surface area (Å²) in [5.41, 5.74) is 0.462. The van der Waals surface area contributed by atoms with E-state index in [2.05, 4.69) is 4.98 Å². The lowest BCUT2D eigenvalue weighted by Gasteiger charge is -2.05. The zero-order chi connectivity index (χ0) is 12.4. The van der Waals surface area contributed by atoms with Crippen molar-refractivity contribution in [3.05, 3.63) is 53.6 Å². The van der Waals surface area contributed by atoms with E-state index in [-0.39, 0.29) is 12.4 Å². The average molecular weight is 238 g/mol. The van der Waals surface area contributed by atoms with Gasteiger partial charge >= 0.3 is 5.97 Å². The molecular formula is C11H8F2N2O2. The lowest BCUT2D eigenvalue weighted by Crippen LogP contribution is -2.10. The Morgan fingerprint density at radius 3 is 2.76 bits per heavy atom. The van der Waals surface area contributed by atoms with Crippen molar-refractivity contribution in [2.45, 2.75) is 6.54 Å². The molecule has 0 aliphatic heterocycles. The van der Waals surface area contributed by atoms with Gasteiger partial charge < -0.3 is 9.67 Å². The fourth-order valence-corrected chi connectivity index (χ4v) is 1.47. The normalized spacial score (nSPS) is 10.5. The van der Waals surface area contributed by atoms with Gasteiger partial charge in [-0.2, -0.15) is 0 Å². The van der Waals surface area contributed by atoms with Crippen LogP contribution in [0.3, 0.4) is 0 Å². The number of carboxylic acids is 1. The van der Waals surface area contributed by atoms with Crippen LogP contribution in [-0.4, -0.2) is 20.6 Å². The van der Waals surface area contributed by atoms with E-state index < -0.39 is 17.6 Å². The van der Waals surface area contributed by atoms with Crippen LogP contribution in [0.5, 0.6) is 0 Å². The maximum absolute atomic E-state index is 13.0. The van der Waals surface area contributed by atoms with E-state index in [4.69, 9.17) is 5.11 Å². The van der Waals surface area contributed by atoms with Gasteiger partial charge in [0, 0.05) is 18.9 Å². The summed E-state index contributed by atoms with van der Waals surface area (Å²) < 4.78 is 27.0. The number of halogens is 2. The average Bonchev–Trinajstić information content (AvgIpc) is 2.72. The molecule has 0 fully saturated rings. The summed E-state index contributed by atoms with van der Waals surface area (Å²) in [6.45, 7) is 0.124. The van der Waals surface area contributed by atoms with Crippen LogP contribution in [0.1, 0.15) is 16.2 Å². The van der Waals surface area contributed by atoms with Crippen molar-refractivity contribution < 1.29 is 18.7 Å². The van der Waals surface area contributed by atoms with Crippen molar-refractivity contribution in [2.75, 3.05) is 0 Å². The number of nitrogens with zero attached hydrogens (tertiary/aromatic N) is 2. The van der Waals surface area contributed by atoms with E-state index in [1.54, 1.807) is 0 Å². The second-order valence-electron chi connectivity index (χ2n) is 3.43. The maximum atomic E-state index is 13.0. The number of aromatic nitrogens is 2. The number of rotatable bonds is 3. The lowest BCUT2D eigenvalue weighted by molar-refractivity contribution is 0.0679. The Hall–Kier alpha value is -2.24. The number of hydrogen-bond donors (Lipinski definition) is 1. The van der Waals surface area contributed by atoms with Gasteiger partial charge in [0.25, 0.3) is 0 Å². The number of imidazole rings is 1. The van der Waals surface area contributed by atoms with Crippen LogP contribution >= 0.6 is 0 Å². The van der Waals surface area contributed by atoms with Crippen molar-refractivity contribution in [2.24, 2.45) is 0 Å². The van der Waals surface area contributed by atoms with Gasteiger partial charge in [-0.1, -0.05) is 6.07 Å². The van der Waals surface area contributed by atoms with E-state index in [0.29, 0.717) is 5.56 Å². The summed E-state index contributed by atoms with van der Waals surface area (Å²) in [5.74, 6) is -3.20. The van der Waals surface area contributed by atoms with Crippen molar-refractivity contribution in [1.82, 2.24) is 9.55 Å². The highest BCUT2D eigenvalue weighted by molar-refractivity contribution is 5.83. The minimum absolute atomic E-state index is 0.124. The van der Waals surface area contributed by atoms with Crippen LogP contribution in [0.2, 0.25) is 0 Å². The molecule has 0 radical (unpaired) electrons. The zero-order valence-corrected chi connectivity index (χ0v) is 8.60. The first-order chi connectivity index (χ1) is 8.08. The SMILES string of the molecule is O=C(O)c1nccn1Cc1ccc(F)c(F)c1. The van der Waals surface area contributed by atoms with Crippen molar-refractivity contribution >= 4 is 5.97 Å². The highest BCUT2D eigenvalue weighted by Crippen LogP contribution is 2.11. The molecule has 4 nitrogen and oxygen atoms in total. The first-order valence-electron chi connectivity index (χ1n) is 4.76. The first-order valence-corrected chi connectivity index (χ1v) is 4.76. The second kappa shape index (κ2) is 4.32. The maximum Gasteiger partial charge on any atom is 0.372 e. The molecule has 0 saturated carbocycles. The molecule has 88 valence electrons. The smallest absolute Gasteiger partial charge is 0.372 e. The van der Waals surface area contributed by atoms with Crippen molar-refractivity contribution in [3.8, 4) is 0 Å². The Kier molecular flexibility index (Phi) is 2.86. The number of benzene rings is 1. The molecule has 2 aromatic rings. The first kappa shape index (κ1) is 11.3. The summed E-state index contributed by atoms with van der Waals surface area (Å²) in [5, 5.41) is 8.81. The van der Waals surface area contributed by atoms with Gasteiger partial charge in [-0.05, 0) is 17.7 Å². The summed E-state index contributed by atoms with van der Waals surface area (Å²) in [6, 6.07) is 3.42. The molecular weight excluding hydrogens is 230 g/mol. The summed E-state index contributed by atoms with van der Waals surface area (Å²) in [7, 11) is 0. The fraction of sp³-hybridized carbons (Fsp3) is 0.0909. The molecule has 0 saturated heterocycles. The van der Waals surface area contributed by atoms with Gasteiger partial charge in [0.05, 0.1) is 0 Å². The fourth-order valence-electron chi connectivity index (χ4n) is 1.47. The number of hydrogen-bond acceptors (Lipinski definition) is 2. The van der Waals surface area contributed by atoms with Crippen LogP contribution in [-0.2, 0) is 6.54 Å². The third-order valence-corrected chi connectivity index (χ3v) is 2.24. The largest absolute Gasteiger partial charge is 0.475 e. The van der Waals surface area contributed by atoms with Crippen molar-refractivity contribution in [1.29, 1.82) is 0 Å². The van der Waals surface area contributed by atoms with Gasteiger partial charge in [-0.15, -0.1) is 0 Å². The van der Waals surface area contributed by atoms with E-state index >= 15 is 0 Å². The standard InChI is InChI=1S/C11H8F2N2O2/c12-8-2-1-7(5-9(8)13)6-15-4-3-14-10(15)11(16)17/h1-5H,6H2,(H,16,17). The van der Waals surface area contributed by atoms with E-state index in [9.17, 15) is 13.6 Å². The predicted octanol–water partition coefficient (Wildman–Crippen LogP) is 1.91. The quantitative estimate of drug-likeness (QED) is 0.888. The predicted molar refractivity (Wildman–Crippen MR) is 54.6 cm³/mol. The third-order valence-electron chi connectivity index (χ3n) is 2.24. The van der Waals surface area contributed by atoms with E-state index in [1.807, 2.05) is 0 Å². The molecule has 1 heterocycles. The van der Waals surface area contributed by atoms with Crippen molar-refractivity contribution in [3.63, 3.8) is 0 Å². The zero-order valence-electron chi connectivity index (χ0n) is 8.60.